The van der Waals surface area contributed by atoms with Crippen LogP contribution in [0.15, 0.2) is 16.3 Å². The lowest BCUT2D eigenvalue weighted by molar-refractivity contribution is 0.599. The summed E-state index contributed by atoms with van der Waals surface area (Å²) in [4.78, 5) is 0. The number of rotatable bonds is 2. The molecule has 0 saturated heterocycles. The number of halogens is 1. The van der Waals surface area contributed by atoms with E-state index in [9.17, 15) is 8.42 Å². The third-order valence-electron chi connectivity index (χ3n) is 1.24. The molecule has 0 atom stereocenters. The van der Waals surface area contributed by atoms with Crippen LogP contribution >= 0.6 is 33.9 Å². The lowest BCUT2D eigenvalue weighted by Crippen LogP contribution is -2.00. The van der Waals surface area contributed by atoms with Crippen LogP contribution in [0.3, 0.4) is 0 Å². The fourth-order valence-corrected chi connectivity index (χ4v) is 4.10. The topological polar surface area (TPSA) is 34.1 Å². The Labute approximate surface area is 83.7 Å². The summed E-state index contributed by atoms with van der Waals surface area (Å²) in [7, 11) is -2.96. The van der Waals surface area contributed by atoms with Crippen LogP contribution in [-0.2, 0) is 9.84 Å². The first-order chi connectivity index (χ1) is 5.06. The van der Waals surface area contributed by atoms with Crippen LogP contribution in [0.5, 0.6) is 0 Å². The van der Waals surface area contributed by atoms with Crippen molar-refractivity contribution in [3.05, 3.63) is 15.0 Å². The monoisotopic (exact) mass is 302 g/mol. The SMILES string of the molecule is CCS(=O)(=O)c1ccc(I)s1. The molecule has 0 aliphatic carbocycles. The normalized spacial score (nSPS) is 11.8. The highest BCUT2D eigenvalue weighted by Gasteiger charge is 2.12. The van der Waals surface area contributed by atoms with Gasteiger partial charge in [0, 0.05) is 0 Å². The Morgan fingerprint density at radius 3 is 2.55 bits per heavy atom. The molecule has 62 valence electrons. The van der Waals surface area contributed by atoms with Crippen molar-refractivity contribution in [3.63, 3.8) is 0 Å². The van der Waals surface area contributed by atoms with Crippen molar-refractivity contribution < 1.29 is 8.42 Å². The lowest BCUT2D eigenvalue weighted by atomic mass is 10.7. The van der Waals surface area contributed by atoms with Gasteiger partial charge in [-0.25, -0.2) is 8.42 Å². The van der Waals surface area contributed by atoms with Crippen LogP contribution in [0.4, 0.5) is 0 Å². The van der Waals surface area contributed by atoms with Gasteiger partial charge >= 0.3 is 0 Å². The average Bonchev–Trinajstić information content (AvgIpc) is 2.36. The predicted octanol–water partition coefficient (Wildman–Crippen LogP) is 2.15. The van der Waals surface area contributed by atoms with Gasteiger partial charge in [-0.15, -0.1) is 11.3 Å². The molecule has 0 unspecified atom stereocenters. The van der Waals surface area contributed by atoms with Crippen molar-refractivity contribution in [3.8, 4) is 0 Å². The molecule has 0 radical (unpaired) electrons. The molecule has 0 amide bonds. The Hall–Kier alpha value is 0.380. The van der Waals surface area contributed by atoms with Gasteiger partial charge in [0.1, 0.15) is 4.21 Å². The highest BCUT2D eigenvalue weighted by molar-refractivity contribution is 14.1. The van der Waals surface area contributed by atoms with E-state index in [1.54, 1.807) is 13.0 Å². The zero-order valence-electron chi connectivity index (χ0n) is 5.87. The van der Waals surface area contributed by atoms with E-state index in [-0.39, 0.29) is 5.75 Å². The van der Waals surface area contributed by atoms with Crippen LogP contribution in [0.1, 0.15) is 6.92 Å². The maximum Gasteiger partial charge on any atom is 0.187 e. The first kappa shape index (κ1) is 9.47. The zero-order valence-corrected chi connectivity index (χ0v) is 9.66. The number of hydrogen-bond acceptors (Lipinski definition) is 3. The molecule has 2 nitrogen and oxygen atoms in total. The Morgan fingerprint density at radius 2 is 2.18 bits per heavy atom. The Morgan fingerprint density at radius 1 is 1.55 bits per heavy atom. The van der Waals surface area contributed by atoms with Crippen LogP contribution in [-0.4, -0.2) is 14.2 Å². The van der Waals surface area contributed by atoms with Gasteiger partial charge in [-0.2, -0.15) is 0 Å². The van der Waals surface area contributed by atoms with Crippen molar-refractivity contribution >= 4 is 43.8 Å². The van der Waals surface area contributed by atoms with Crippen LogP contribution in [0.25, 0.3) is 0 Å². The largest absolute Gasteiger partial charge is 0.223 e. The summed E-state index contributed by atoms with van der Waals surface area (Å²) < 4.78 is 23.9. The van der Waals surface area contributed by atoms with E-state index in [1.807, 2.05) is 6.07 Å². The van der Waals surface area contributed by atoms with Crippen molar-refractivity contribution in [1.29, 1.82) is 0 Å². The summed E-state index contributed by atoms with van der Waals surface area (Å²) >= 11 is 3.43. The Bertz CT molecular complexity index is 339. The zero-order chi connectivity index (χ0) is 8.48. The molecule has 0 spiro atoms. The number of sulfone groups is 1. The van der Waals surface area contributed by atoms with Crippen molar-refractivity contribution in [2.24, 2.45) is 0 Å². The molecule has 0 aliphatic heterocycles. The first-order valence-electron chi connectivity index (χ1n) is 3.04. The van der Waals surface area contributed by atoms with E-state index >= 15 is 0 Å². The molecule has 1 rings (SSSR count). The predicted molar refractivity (Wildman–Crippen MR) is 54.8 cm³/mol. The molecular weight excluding hydrogens is 295 g/mol. The van der Waals surface area contributed by atoms with Crippen LogP contribution in [0, 0.1) is 2.88 Å². The molecule has 1 aromatic rings. The maximum atomic E-state index is 11.2. The van der Waals surface area contributed by atoms with E-state index in [0.717, 1.165) is 2.88 Å². The van der Waals surface area contributed by atoms with Crippen LogP contribution < -0.4 is 0 Å². The second-order valence-electron chi connectivity index (χ2n) is 1.96. The third kappa shape index (κ3) is 2.16. The summed E-state index contributed by atoms with van der Waals surface area (Å²) in [5.41, 5.74) is 0. The second kappa shape index (κ2) is 3.40. The minimum absolute atomic E-state index is 0.184. The van der Waals surface area contributed by atoms with Gasteiger partial charge in [0.15, 0.2) is 9.84 Å². The number of hydrogen-bond donors (Lipinski definition) is 0. The highest BCUT2D eigenvalue weighted by atomic mass is 127. The summed E-state index contributed by atoms with van der Waals surface area (Å²) in [5, 5.41) is 0. The molecule has 5 heteroatoms. The van der Waals surface area contributed by atoms with Crippen molar-refractivity contribution in [2.75, 3.05) is 5.75 Å². The maximum absolute atomic E-state index is 11.2. The van der Waals surface area contributed by atoms with Gasteiger partial charge in [-0.1, -0.05) is 6.92 Å². The van der Waals surface area contributed by atoms with Gasteiger partial charge < -0.3 is 0 Å². The minimum atomic E-state index is -2.96. The molecule has 0 aliphatic rings. The highest BCUT2D eigenvalue weighted by Crippen LogP contribution is 2.23. The van der Waals surface area contributed by atoms with Crippen molar-refractivity contribution in [1.82, 2.24) is 0 Å². The van der Waals surface area contributed by atoms with Gasteiger partial charge in [0.2, 0.25) is 0 Å². The van der Waals surface area contributed by atoms with Gasteiger partial charge in [-0.3, -0.25) is 0 Å². The summed E-state index contributed by atoms with van der Waals surface area (Å²) in [6.07, 6.45) is 0. The quantitative estimate of drug-likeness (QED) is 0.785. The molecule has 1 heterocycles. The molecule has 0 bridgehead atoms. The standard InChI is InChI=1S/C6H7IO2S2/c1-2-11(8,9)6-4-3-5(7)10-6/h3-4H,2H2,1H3. The van der Waals surface area contributed by atoms with E-state index in [4.69, 9.17) is 0 Å². The van der Waals surface area contributed by atoms with Crippen LogP contribution in [0.2, 0.25) is 0 Å². The molecule has 1 aromatic heterocycles. The Balaban J connectivity index is 3.13. The molecule has 0 fully saturated rings. The average molecular weight is 302 g/mol. The lowest BCUT2D eigenvalue weighted by Gasteiger charge is -1.93. The summed E-state index contributed by atoms with van der Waals surface area (Å²) in [5.74, 6) is 0.184. The second-order valence-corrected chi connectivity index (χ2v) is 7.45. The number of thiophene rings is 1. The van der Waals surface area contributed by atoms with E-state index < -0.39 is 9.84 Å². The minimum Gasteiger partial charge on any atom is -0.223 e. The molecule has 0 N–H and O–H groups in total. The van der Waals surface area contributed by atoms with E-state index in [1.165, 1.54) is 11.3 Å². The Kier molecular flexibility index (Phi) is 2.93. The first-order valence-corrected chi connectivity index (χ1v) is 6.59. The molecule has 11 heavy (non-hydrogen) atoms. The van der Waals surface area contributed by atoms with Gasteiger partial charge in [0.05, 0.1) is 8.64 Å². The molecular formula is C6H7IO2S2. The smallest absolute Gasteiger partial charge is 0.187 e. The van der Waals surface area contributed by atoms with Gasteiger partial charge in [-0.05, 0) is 34.7 Å². The van der Waals surface area contributed by atoms with E-state index in [0.29, 0.717) is 4.21 Å². The molecule has 0 saturated carbocycles. The van der Waals surface area contributed by atoms with Crippen molar-refractivity contribution in [2.45, 2.75) is 11.1 Å². The third-order valence-corrected chi connectivity index (χ3v) is 5.44. The van der Waals surface area contributed by atoms with E-state index in [2.05, 4.69) is 22.6 Å². The summed E-state index contributed by atoms with van der Waals surface area (Å²) in [6, 6.07) is 3.47. The van der Waals surface area contributed by atoms with Gasteiger partial charge in [0.25, 0.3) is 0 Å². The summed E-state index contributed by atoms with van der Waals surface area (Å²) in [6.45, 7) is 1.65. The fraction of sp³-hybridized carbons (Fsp3) is 0.333. The molecule has 0 aromatic carbocycles. The fourth-order valence-electron chi connectivity index (χ4n) is 0.607.